The minimum Gasteiger partial charge on any atom is -0.397 e. The largest absolute Gasteiger partial charge is 0.397 e. The highest BCUT2D eigenvalue weighted by Gasteiger charge is 2.13. The summed E-state index contributed by atoms with van der Waals surface area (Å²) in [4.78, 5) is 15.4. The Morgan fingerprint density at radius 1 is 1.24 bits per heavy atom. The minimum absolute atomic E-state index is 0.248. The number of benzene rings is 2. The van der Waals surface area contributed by atoms with Crippen LogP contribution in [0.3, 0.4) is 0 Å². The normalized spacial score (nSPS) is 10.8. The van der Waals surface area contributed by atoms with Crippen molar-refractivity contribution in [3.05, 3.63) is 58.7 Å². The van der Waals surface area contributed by atoms with Gasteiger partial charge in [0.2, 0.25) is 0 Å². The van der Waals surface area contributed by atoms with Crippen molar-refractivity contribution in [2.75, 3.05) is 11.1 Å². The lowest BCUT2D eigenvalue weighted by Gasteiger charge is -2.09. The van der Waals surface area contributed by atoms with Gasteiger partial charge in [-0.25, -0.2) is 0 Å². The molecule has 0 saturated heterocycles. The Morgan fingerprint density at radius 2 is 2.00 bits per heavy atom. The molecule has 0 aliphatic carbocycles. The van der Waals surface area contributed by atoms with Crippen LogP contribution in [0.15, 0.2) is 42.5 Å². The summed E-state index contributed by atoms with van der Waals surface area (Å²) in [6, 6.07) is 12.8. The first-order chi connectivity index (χ1) is 10.1. The number of aryl methyl sites for hydroxylation is 1. The summed E-state index contributed by atoms with van der Waals surface area (Å²) < 4.78 is 0. The van der Waals surface area contributed by atoms with Crippen molar-refractivity contribution in [1.29, 1.82) is 0 Å². The third kappa shape index (κ3) is 2.45. The Kier molecular flexibility index (Phi) is 3.31. The van der Waals surface area contributed by atoms with E-state index in [1.807, 2.05) is 31.2 Å². The van der Waals surface area contributed by atoms with Crippen molar-refractivity contribution in [3.63, 3.8) is 0 Å². The second kappa shape index (κ2) is 5.14. The van der Waals surface area contributed by atoms with E-state index in [-0.39, 0.29) is 5.91 Å². The van der Waals surface area contributed by atoms with Crippen LogP contribution in [0.25, 0.3) is 10.9 Å². The molecule has 4 N–H and O–H groups in total. The number of nitrogen functional groups attached to an aromatic ring is 1. The summed E-state index contributed by atoms with van der Waals surface area (Å²) in [6.07, 6.45) is 0. The van der Waals surface area contributed by atoms with Gasteiger partial charge < -0.3 is 16.0 Å². The van der Waals surface area contributed by atoms with Gasteiger partial charge in [-0.2, -0.15) is 0 Å². The van der Waals surface area contributed by atoms with Crippen LogP contribution in [-0.2, 0) is 0 Å². The zero-order valence-electron chi connectivity index (χ0n) is 11.4. The lowest BCUT2D eigenvalue weighted by Crippen LogP contribution is -2.13. The second-order valence-electron chi connectivity index (χ2n) is 4.88. The number of fused-ring (bicyclic) bond motifs is 1. The molecule has 0 radical (unpaired) electrons. The van der Waals surface area contributed by atoms with Gasteiger partial charge in [0, 0.05) is 5.39 Å². The molecule has 1 amide bonds. The number of anilines is 2. The molecule has 0 aliphatic heterocycles. The van der Waals surface area contributed by atoms with E-state index < -0.39 is 0 Å². The van der Waals surface area contributed by atoms with Gasteiger partial charge in [-0.15, -0.1) is 0 Å². The van der Waals surface area contributed by atoms with Gasteiger partial charge in [0.1, 0.15) is 5.69 Å². The number of H-pyrrole nitrogens is 1. The molecule has 0 unspecified atom stereocenters. The lowest BCUT2D eigenvalue weighted by atomic mass is 10.2. The summed E-state index contributed by atoms with van der Waals surface area (Å²) in [7, 11) is 0. The number of rotatable bonds is 2. The van der Waals surface area contributed by atoms with Crippen LogP contribution in [0.4, 0.5) is 11.4 Å². The van der Waals surface area contributed by atoms with Crippen LogP contribution in [0.2, 0.25) is 5.02 Å². The first-order valence-electron chi connectivity index (χ1n) is 6.50. The topological polar surface area (TPSA) is 70.9 Å². The van der Waals surface area contributed by atoms with E-state index in [1.165, 1.54) is 0 Å². The predicted octanol–water partition coefficient (Wildman–Crippen LogP) is 3.96. The molecule has 0 saturated carbocycles. The summed E-state index contributed by atoms with van der Waals surface area (Å²) in [6.45, 7) is 1.89. The van der Waals surface area contributed by atoms with Gasteiger partial charge in [0.15, 0.2) is 0 Å². The summed E-state index contributed by atoms with van der Waals surface area (Å²) in [5.41, 5.74) is 9.24. The molecule has 3 aromatic rings. The third-order valence-corrected chi connectivity index (χ3v) is 3.71. The maximum atomic E-state index is 12.4. The quantitative estimate of drug-likeness (QED) is 0.627. The summed E-state index contributed by atoms with van der Waals surface area (Å²) >= 11 is 6.12. The Labute approximate surface area is 126 Å². The molecule has 0 fully saturated rings. The molecule has 4 nitrogen and oxygen atoms in total. The molecule has 0 atom stereocenters. The van der Waals surface area contributed by atoms with E-state index in [0.717, 1.165) is 16.5 Å². The van der Waals surface area contributed by atoms with E-state index >= 15 is 0 Å². The molecule has 5 heteroatoms. The summed E-state index contributed by atoms with van der Waals surface area (Å²) in [5, 5.41) is 4.24. The number of carbonyl (C=O) groups is 1. The first-order valence-corrected chi connectivity index (χ1v) is 6.88. The third-order valence-electron chi connectivity index (χ3n) is 3.39. The monoisotopic (exact) mass is 299 g/mol. The van der Waals surface area contributed by atoms with E-state index in [2.05, 4.69) is 10.3 Å². The highest BCUT2D eigenvalue weighted by Crippen LogP contribution is 2.27. The fourth-order valence-corrected chi connectivity index (χ4v) is 2.54. The van der Waals surface area contributed by atoms with Gasteiger partial charge in [-0.1, -0.05) is 35.9 Å². The van der Waals surface area contributed by atoms with Gasteiger partial charge in [-0.3, -0.25) is 4.79 Å². The van der Waals surface area contributed by atoms with Crippen molar-refractivity contribution < 1.29 is 4.79 Å². The van der Waals surface area contributed by atoms with Crippen LogP contribution in [-0.4, -0.2) is 10.9 Å². The zero-order chi connectivity index (χ0) is 15.0. The Hall–Kier alpha value is -2.46. The Morgan fingerprint density at radius 3 is 2.71 bits per heavy atom. The number of para-hydroxylation sites is 2. The van der Waals surface area contributed by atoms with E-state index in [4.69, 9.17) is 17.3 Å². The number of amides is 1. The van der Waals surface area contributed by atoms with Crippen molar-refractivity contribution in [3.8, 4) is 0 Å². The molecule has 21 heavy (non-hydrogen) atoms. The van der Waals surface area contributed by atoms with E-state index in [9.17, 15) is 4.79 Å². The second-order valence-corrected chi connectivity index (χ2v) is 5.29. The number of halogens is 1. The van der Waals surface area contributed by atoms with Crippen LogP contribution >= 0.6 is 11.6 Å². The van der Waals surface area contributed by atoms with Crippen molar-refractivity contribution in [1.82, 2.24) is 4.98 Å². The molecular weight excluding hydrogens is 286 g/mol. The van der Waals surface area contributed by atoms with Crippen LogP contribution in [0, 0.1) is 6.92 Å². The first kappa shape index (κ1) is 13.5. The van der Waals surface area contributed by atoms with Gasteiger partial charge in [-0.05, 0) is 30.7 Å². The molecule has 0 aliphatic rings. The molecule has 2 aromatic carbocycles. The molecule has 0 spiro atoms. The zero-order valence-corrected chi connectivity index (χ0v) is 12.2. The predicted molar refractivity (Wildman–Crippen MR) is 86.9 cm³/mol. The van der Waals surface area contributed by atoms with Gasteiger partial charge in [0.05, 0.1) is 21.9 Å². The number of nitrogens with one attached hydrogen (secondary N) is 2. The molecule has 0 bridgehead atoms. The Balaban J connectivity index is 1.96. The highest BCUT2D eigenvalue weighted by molar-refractivity contribution is 6.34. The van der Waals surface area contributed by atoms with Crippen LogP contribution in [0.1, 0.15) is 16.1 Å². The van der Waals surface area contributed by atoms with Crippen molar-refractivity contribution in [2.24, 2.45) is 0 Å². The average Bonchev–Trinajstić information content (AvgIpc) is 2.88. The molecule has 1 aromatic heterocycles. The number of aromatic nitrogens is 1. The van der Waals surface area contributed by atoms with E-state index in [0.29, 0.717) is 22.1 Å². The number of aromatic amines is 1. The summed E-state index contributed by atoms with van der Waals surface area (Å²) in [5.74, 6) is -0.248. The van der Waals surface area contributed by atoms with Gasteiger partial charge in [0.25, 0.3) is 5.91 Å². The SMILES string of the molecule is Cc1cccc(Cl)c1NC(=O)c1cc2cccc(N)c2[nH]1. The van der Waals surface area contributed by atoms with Crippen LogP contribution in [0.5, 0.6) is 0 Å². The number of nitrogens with two attached hydrogens (primary N) is 1. The van der Waals surface area contributed by atoms with Crippen molar-refractivity contribution in [2.45, 2.75) is 6.92 Å². The van der Waals surface area contributed by atoms with Gasteiger partial charge >= 0.3 is 0 Å². The highest BCUT2D eigenvalue weighted by atomic mass is 35.5. The maximum absolute atomic E-state index is 12.4. The fourth-order valence-electron chi connectivity index (χ4n) is 2.27. The van der Waals surface area contributed by atoms with E-state index in [1.54, 1.807) is 18.2 Å². The lowest BCUT2D eigenvalue weighted by molar-refractivity contribution is 0.102. The number of hydrogen-bond acceptors (Lipinski definition) is 2. The minimum atomic E-state index is -0.248. The number of hydrogen-bond donors (Lipinski definition) is 3. The van der Waals surface area contributed by atoms with Crippen molar-refractivity contribution >= 4 is 39.8 Å². The molecule has 1 heterocycles. The molecule has 3 rings (SSSR count). The molecular formula is C16H14ClN3O. The average molecular weight is 300 g/mol. The Bertz CT molecular complexity index is 818. The smallest absolute Gasteiger partial charge is 0.272 e. The molecule has 106 valence electrons. The maximum Gasteiger partial charge on any atom is 0.272 e. The van der Waals surface area contributed by atoms with Crippen LogP contribution < -0.4 is 11.1 Å². The fraction of sp³-hybridized carbons (Fsp3) is 0.0625. The number of carbonyl (C=O) groups excluding carboxylic acids is 1. The standard InChI is InChI=1S/C16H14ClN3O/c1-9-4-2-6-11(17)14(9)20-16(21)13-8-10-5-3-7-12(18)15(10)19-13/h2-8,19H,18H2,1H3,(H,20,21).